The normalized spacial score (nSPS) is 10.9. The van der Waals surface area contributed by atoms with Crippen LogP contribution in [-0.2, 0) is 19.6 Å². The molecule has 182 valence electrons. The SMILES string of the molecule is O=C(COC(=O)c1cc(S(=O)(=O)Nc2ccc([N+](=O)[O-])cc2)ccc1O)Nc1ccc(Br)cc1Br. The van der Waals surface area contributed by atoms with Crippen LogP contribution in [0.5, 0.6) is 5.75 Å². The van der Waals surface area contributed by atoms with Gasteiger partial charge in [0.25, 0.3) is 21.6 Å². The summed E-state index contributed by atoms with van der Waals surface area (Å²) in [7, 11) is -4.23. The van der Waals surface area contributed by atoms with E-state index in [0.717, 1.165) is 34.8 Å². The molecule has 3 rings (SSSR count). The maximum absolute atomic E-state index is 12.7. The van der Waals surface area contributed by atoms with E-state index in [1.54, 1.807) is 18.2 Å². The molecular weight excluding hydrogens is 614 g/mol. The number of phenolic OH excluding ortho intramolecular Hbond substituents is 1. The summed E-state index contributed by atoms with van der Waals surface area (Å²) < 4.78 is 33.9. The zero-order chi connectivity index (χ0) is 25.8. The molecule has 11 nitrogen and oxygen atoms in total. The number of non-ortho nitro benzene ring substituents is 1. The minimum atomic E-state index is -4.23. The monoisotopic (exact) mass is 627 g/mol. The number of halogens is 2. The van der Waals surface area contributed by atoms with E-state index in [-0.39, 0.29) is 16.3 Å². The highest BCUT2D eigenvalue weighted by molar-refractivity contribution is 9.11. The van der Waals surface area contributed by atoms with Gasteiger partial charge in [0, 0.05) is 26.8 Å². The predicted molar refractivity (Wildman–Crippen MR) is 133 cm³/mol. The van der Waals surface area contributed by atoms with Crippen molar-refractivity contribution in [2.45, 2.75) is 4.90 Å². The molecule has 0 saturated carbocycles. The molecule has 3 N–H and O–H groups in total. The number of hydrogen-bond acceptors (Lipinski definition) is 8. The molecule has 0 heterocycles. The molecule has 0 aliphatic heterocycles. The van der Waals surface area contributed by atoms with E-state index in [1.165, 1.54) is 12.1 Å². The molecule has 0 saturated heterocycles. The van der Waals surface area contributed by atoms with Gasteiger partial charge in [0.15, 0.2) is 6.61 Å². The third-order valence-electron chi connectivity index (χ3n) is 4.37. The smallest absolute Gasteiger partial charge is 0.342 e. The van der Waals surface area contributed by atoms with Gasteiger partial charge in [0.2, 0.25) is 0 Å². The summed E-state index contributed by atoms with van der Waals surface area (Å²) in [6, 6.07) is 12.6. The lowest BCUT2D eigenvalue weighted by molar-refractivity contribution is -0.384. The van der Waals surface area contributed by atoms with Crippen molar-refractivity contribution in [3.05, 3.63) is 85.3 Å². The molecule has 35 heavy (non-hydrogen) atoms. The lowest BCUT2D eigenvalue weighted by Crippen LogP contribution is -2.21. The Morgan fingerprint density at radius 3 is 2.34 bits per heavy atom. The van der Waals surface area contributed by atoms with Crippen LogP contribution >= 0.6 is 31.9 Å². The lowest BCUT2D eigenvalue weighted by Gasteiger charge is -2.11. The zero-order valence-corrected chi connectivity index (χ0v) is 21.4. The number of anilines is 2. The minimum Gasteiger partial charge on any atom is -0.507 e. The average Bonchev–Trinajstić information content (AvgIpc) is 2.79. The van der Waals surface area contributed by atoms with Crippen molar-refractivity contribution in [1.82, 2.24) is 0 Å². The average molecular weight is 629 g/mol. The maximum atomic E-state index is 12.7. The number of esters is 1. The first-order valence-electron chi connectivity index (χ1n) is 9.48. The van der Waals surface area contributed by atoms with Gasteiger partial charge in [-0.05, 0) is 64.5 Å². The second-order valence-corrected chi connectivity index (χ2v) is 10.3. The molecule has 0 aliphatic rings. The molecule has 0 aliphatic carbocycles. The number of nitro benzene ring substituents is 1. The highest BCUT2D eigenvalue weighted by Gasteiger charge is 2.21. The molecule has 0 bridgehead atoms. The van der Waals surface area contributed by atoms with Crippen LogP contribution in [0.25, 0.3) is 0 Å². The molecular formula is C21H15Br2N3O8S. The molecule has 0 atom stereocenters. The van der Waals surface area contributed by atoms with Crippen molar-refractivity contribution < 1.29 is 32.8 Å². The molecule has 3 aromatic rings. The van der Waals surface area contributed by atoms with Gasteiger partial charge in [-0.3, -0.25) is 19.6 Å². The van der Waals surface area contributed by atoms with Crippen molar-refractivity contribution in [3.8, 4) is 5.75 Å². The Labute approximate surface area is 215 Å². The first kappa shape index (κ1) is 26.1. The highest BCUT2D eigenvalue weighted by Crippen LogP contribution is 2.27. The van der Waals surface area contributed by atoms with E-state index in [1.807, 2.05) is 0 Å². The van der Waals surface area contributed by atoms with E-state index >= 15 is 0 Å². The summed E-state index contributed by atoms with van der Waals surface area (Å²) in [5.74, 6) is -2.34. The Morgan fingerprint density at radius 1 is 1.03 bits per heavy atom. The van der Waals surface area contributed by atoms with Gasteiger partial charge in [-0.2, -0.15) is 0 Å². The van der Waals surface area contributed by atoms with Crippen molar-refractivity contribution in [2.75, 3.05) is 16.6 Å². The number of phenols is 1. The van der Waals surface area contributed by atoms with Crippen molar-refractivity contribution in [3.63, 3.8) is 0 Å². The third kappa shape index (κ3) is 6.77. The van der Waals surface area contributed by atoms with E-state index < -0.39 is 44.7 Å². The number of ether oxygens (including phenoxy) is 1. The Bertz CT molecular complexity index is 1410. The van der Waals surface area contributed by atoms with Crippen LogP contribution < -0.4 is 10.0 Å². The summed E-state index contributed by atoms with van der Waals surface area (Å²) in [5.41, 5.74) is -0.223. The van der Waals surface area contributed by atoms with Crippen LogP contribution in [0.3, 0.4) is 0 Å². The number of rotatable bonds is 8. The number of nitrogens with zero attached hydrogens (tertiary/aromatic N) is 1. The number of sulfonamides is 1. The molecule has 0 spiro atoms. The maximum Gasteiger partial charge on any atom is 0.342 e. The molecule has 14 heteroatoms. The molecule has 0 aromatic heterocycles. The van der Waals surface area contributed by atoms with E-state index in [9.17, 15) is 33.2 Å². The minimum absolute atomic E-state index is 0.0450. The molecule has 3 aromatic carbocycles. The summed E-state index contributed by atoms with van der Waals surface area (Å²) in [6.45, 7) is -0.696. The number of nitrogens with one attached hydrogen (secondary N) is 2. The standard InChI is InChI=1S/C21H15Br2N3O8S/c22-12-1-7-18(17(23)9-12)24-20(28)11-34-21(29)16-10-15(6-8-19(16)27)35(32,33)25-13-2-4-14(5-3-13)26(30)31/h1-10,25,27H,11H2,(H,24,28). The summed E-state index contributed by atoms with van der Waals surface area (Å²) in [4.78, 5) is 34.3. The van der Waals surface area contributed by atoms with Crippen LogP contribution in [0.15, 0.2) is 74.5 Å². The van der Waals surface area contributed by atoms with Crippen LogP contribution in [0.1, 0.15) is 10.4 Å². The topological polar surface area (TPSA) is 165 Å². The van der Waals surface area contributed by atoms with Gasteiger partial charge in [-0.1, -0.05) is 15.9 Å². The summed E-state index contributed by atoms with van der Waals surface area (Å²) in [5, 5.41) is 23.3. The Hall–Kier alpha value is -3.49. The highest BCUT2D eigenvalue weighted by atomic mass is 79.9. The first-order chi connectivity index (χ1) is 16.5. The fourth-order valence-corrected chi connectivity index (χ4v) is 4.93. The second-order valence-electron chi connectivity index (χ2n) is 6.84. The number of carbonyl (C=O) groups excluding carboxylic acids is 2. The van der Waals surface area contributed by atoms with Crippen LogP contribution in [0.4, 0.5) is 17.1 Å². The number of carbonyl (C=O) groups is 2. The van der Waals surface area contributed by atoms with Crippen LogP contribution in [0, 0.1) is 10.1 Å². The molecule has 0 unspecified atom stereocenters. The molecule has 1 amide bonds. The molecule has 0 fully saturated rings. The number of aromatic hydroxyl groups is 1. The van der Waals surface area contributed by atoms with Gasteiger partial charge in [0.05, 0.1) is 15.5 Å². The van der Waals surface area contributed by atoms with E-state index in [4.69, 9.17) is 4.74 Å². The van der Waals surface area contributed by atoms with Gasteiger partial charge < -0.3 is 15.2 Å². The van der Waals surface area contributed by atoms with Gasteiger partial charge in [0.1, 0.15) is 11.3 Å². The fraction of sp³-hybridized carbons (Fsp3) is 0.0476. The quantitative estimate of drug-likeness (QED) is 0.187. The van der Waals surface area contributed by atoms with Gasteiger partial charge in [-0.25, -0.2) is 13.2 Å². The van der Waals surface area contributed by atoms with E-state index in [2.05, 4.69) is 41.9 Å². The Kier molecular flexibility index (Phi) is 8.09. The van der Waals surface area contributed by atoms with Gasteiger partial charge >= 0.3 is 5.97 Å². The van der Waals surface area contributed by atoms with Crippen LogP contribution in [-0.4, -0.2) is 36.9 Å². The lowest BCUT2D eigenvalue weighted by atomic mass is 10.2. The largest absolute Gasteiger partial charge is 0.507 e. The number of benzene rings is 3. The number of amides is 1. The Morgan fingerprint density at radius 2 is 1.71 bits per heavy atom. The molecule has 0 radical (unpaired) electrons. The van der Waals surface area contributed by atoms with Crippen molar-refractivity contribution in [1.29, 1.82) is 0 Å². The van der Waals surface area contributed by atoms with Crippen LogP contribution in [0.2, 0.25) is 0 Å². The first-order valence-corrected chi connectivity index (χ1v) is 12.6. The summed E-state index contributed by atoms with van der Waals surface area (Å²) in [6.07, 6.45) is 0. The third-order valence-corrected chi connectivity index (χ3v) is 6.90. The van der Waals surface area contributed by atoms with Gasteiger partial charge in [-0.15, -0.1) is 0 Å². The summed E-state index contributed by atoms with van der Waals surface area (Å²) >= 11 is 6.57. The van der Waals surface area contributed by atoms with Crippen molar-refractivity contribution >= 4 is 70.8 Å². The predicted octanol–water partition coefficient (Wildman–Crippen LogP) is 4.42. The number of hydrogen-bond donors (Lipinski definition) is 3. The second kappa shape index (κ2) is 10.8. The zero-order valence-electron chi connectivity index (χ0n) is 17.4. The fourth-order valence-electron chi connectivity index (χ4n) is 2.70. The van der Waals surface area contributed by atoms with E-state index in [0.29, 0.717) is 10.2 Å². The Balaban J connectivity index is 1.70. The number of nitro groups is 1. The van der Waals surface area contributed by atoms with Crippen molar-refractivity contribution in [2.24, 2.45) is 0 Å².